The predicted octanol–water partition coefficient (Wildman–Crippen LogP) is 0.556. The highest BCUT2D eigenvalue weighted by Crippen LogP contribution is 2.28. The molecule has 6 heteroatoms. The van der Waals surface area contributed by atoms with Crippen molar-refractivity contribution in [2.45, 2.75) is 31.3 Å². The monoisotopic (exact) mass is 263 g/mol. The van der Waals surface area contributed by atoms with Gasteiger partial charge < -0.3 is 9.84 Å². The molecular formula is C13H21N5O. The molecule has 0 radical (unpaired) electrons. The number of hydrogen-bond donors (Lipinski definition) is 1. The van der Waals surface area contributed by atoms with Gasteiger partial charge in [-0.1, -0.05) is 11.6 Å². The van der Waals surface area contributed by atoms with Gasteiger partial charge >= 0.3 is 0 Å². The second-order valence-electron chi connectivity index (χ2n) is 5.85. The van der Waals surface area contributed by atoms with E-state index in [0.717, 1.165) is 44.3 Å². The molecule has 4 fully saturated rings. The van der Waals surface area contributed by atoms with Crippen LogP contribution in [0.25, 0.3) is 0 Å². The summed E-state index contributed by atoms with van der Waals surface area (Å²) in [5.74, 6) is 1.67. The maximum atomic E-state index is 5.50. The van der Waals surface area contributed by atoms with Crippen LogP contribution in [0, 0.1) is 0 Å². The fraction of sp³-hybridized carbons (Fsp3) is 0.846. The van der Waals surface area contributed by atoms with E-state index in [2.05, 4.69) is 25.3 Å². The molecule has 0 spiro atoms. The Hall–Kier alpha value is -0.980. The van der Waals surface area contributed by atoms with Gasteiger partial charge in [-0.25, -0.2) is 0 Å². The minimum Gasteiger partial charge on any atom is -0.338 e. The summed E-state index contributed by atoms with van der Waals surface area (Å²) < 4.78 is 5.50. The van der Waals surface area contributed by atoms with Crippen LogP contribution in [0.3, 0.4) is 0 Å². The molecule has 2 atom stereocenters. The van der Waals surface area contributed by atoms with Gasteiger partial charge in [0.1, 0.15) is 0 Å². The molecule has 5 rings (SSSR count). The van der Waals surface area contributed by atoms with E-state index >= 15 is 0 Å². The first-order chi connectivity index (χ1) is 9.40. The van der Waals surface area contributed by atoms with Crippen molar-refractivity contribution in [1.29, 1.82) is 0 Å². The molecule has 5 heterocycles. The maximum Gasteiger partial charge on any atom is 0.243 e. The molecule has 4 aliphatic heterocycles. The summed E-state index contributed by atoms with van der Waals surface area (Å²) >= 11 is 0. The number of hydrogen-bond acceptors (Lipinski definition) is 6. The van der Waals surface area contributed by atoms with Gasteiger partial charge in [-0.2, -0.15) is 4.98 Å². The number of piperazine rings is 3. The molecule has 0 aliphatic carbocycles. The Morgan fingerprint density at radius 1 is 1.16 bits per heavy atom. The first kappa shape index (κ1) is 11.8. The number of nitrogens with one attached hydrogen (secondary N) is 1. The molecule has 4 saturated heterocycles. The first-order valence-electron chi connectivity index (χ1n) is 7.43. The number of nitrogens with zero attached hydrogens (tertiary/aromatic N) is 4. The lowest BCUT2D eigenvalue weighted by molar-refractivity contribution is 0.00781. The first-order valence-corrected chi connectivity index (χ1v) is 7.43. The Kier molecular flexibility index (Phi) is 3.01. The molecule has 0 saturated carbocycles. The van der Waals surface area contributed by atoms with Gasteiger partial charge in [-0.05, 0) is 19.4 Å². The average Bonchev–Trinajstić information content (AvgIpc) is 2.99. The van der Waals surface area contributed by atoms with Crippen LogP contribution in [0.4, 0.5) is 0 Å². The van der Waals surface area contributed by atoms with Crippen molar-refractivity contribution in [2.24, 2.45) is 0 Å². The fourth-order valence-corrected chi connectivity index (χ4v) is 3.45. The number of piperidine rings is 1. The van der Waals surface area contributed by atoms with Gasteiger partial charge in [0.2, 0.25) is 5.89 Å². The third-order valence-corrected chi connectivity index (χ3v) is 4.64. The third kappa shape index (κ3) is 2.17. The molecular weight excluding hydrogens is 242 g/mol. The molecule has 4 aliphatic rings. The van der Waals surface area contributed by atoms with E-state index < -0.39 is 0 Å². The van der Waals surface area contributed by atoms with E-state index in [1.807, 2.05) is 0 Å². The molecule has 0 aromatic carbocycles. The van der Waals surface area contributed by atoms with Gasteiger partial charge in [0.05, 0.1) is 12.1 Å². The molecule has 6 nitrogen and oxygen atoms in total. The summed E-state index contributed by atoms with van der Waals surface area (Å²) in [5.41, 5.74) is 0. The molecule has 1 aromatic rings. The molecule has 1 aromatic heterocycles. The highest BCUT2D eigenvalue weighted by molar-refractivity contribution is 5.03. The largest absolute Gasteiger partial charge is 0.338 e. The van der Waals surface area contributed by atoms with Crippen LogP contribution in [0.1, 0.15) is 43.1 Å². The number of aromatic nitrogens is 2. The van der Waals surface area contributed by atoms with Crippen molar-refractivity contribution in [3.8, 4) is 0 Å². The van der Waals surface area contributed by atoms with Crippen LogP contribution in [-0.2, 0) is 0 Å². The Balaban J connectivity index is 1.51. The van der Waals surface area contributed by atoms with Crippen LogP contribution < -0.4 is 5.32 Å². The van der Waals surface area contributed by atoms with Crippen LogP contribution in [0.5, 0.6) is 0 Å². The quantitative estimate of drug-likeness (QED) is 0.841. The van der Waals surface area contributed by atoms with Crippen LogP contribution in [0.15, 0.2) is 4.52 Å². The fourth-order valence-electron chi connectivity index (χ4n) is 3.45. The lowest BCUT2D eigenvalue weighted by Crippen LogP contribution is -2.57. The number of fused-ring (bicyclic) bond motifs is 3. The lowest BCUT2D eigenvalue weighted by atomic mass is 10.0. The van der Waals surface area contributed by atoms with Crippen molar-refractivity contribution >= 4 is 0 Å². The molecule has 1 unspecified atom stereocenters. The van der Waals surface area contributed by atoms with Crippen molar-refractivity contribution in [1.82, 2.24) is 25.3 Å². The molecule has 19 heavy (non-hydrogen) atoms. The SMILES string of the molecule is C1CC[C@H](c2nc(C3CN4CCN3CC4)no2)NC1. The summed E-state index contributed by atoms with van der Waals surface area (Å²) in [6.45, 7) is 6.76. The van der Waals surface area contributed by atoms with E-state index in [9.17, 15) is 0 Å². The van der Waals surface area contributed by atoms with Gasteiger partial charge in [-0.3, -0.25) is 9.80 Å². The normalized spacial score (nSPS) is 38.5. The van der Waals surface area contributed by atoms with Crippen molar-refractivity contribution in [2.75, 3.05) is 39.3 Å². The summed E-state index contributed by atoms with van der Waals surface area (Å²) in [7, 11) is 0. The summed E-state index contributed by atoms with van der Waals surface area (Å²) in [6, 6.07) is 0.606. The smallest absolute Gasteiger partial charge is 0.243 e. The van der Waals surface area contributed by atoms with E-state index in [1.165, 1.54) is 25.9 Å². The molecule has 104 valence electrons. The highest BCUT2D eigenvalue weighted by Gasteiger charge is 2.36. The third-order valence-electron chi connectivity index (χ3n) is 4.64. The van der Waals surface area contributed by atoms with Gasteiger partial charge in [0.25, 0.3) is 0 Å². The van der Waals surface area contributed by atoms with Crippen molar-refractivity contribution in [3.63, 3.8) is 0 Å². The Morgan fingerprint density at radius 3 is 2.74 bits per heavy atom. The Labute approximate surface area is 113 Å². The van der Waals surface area contributed by atoms with E-state index in [-0.39, 0.29) is 6.04 Å². The zero-order valence-electron chi connectivity index (χ0n) is 11.2. The van der Waals surface area contributed by atoms with Crippen molar-refractivity contribution in [3.05, 3.63) is 11.7 Å². The zero-order chi connectivity index (χ0) is 12.7. The van der Waals surface area contributed by atoms with Crippen molar-refractivity contribution < 1.29 is 4.52 Å². The Bertz CT molecular complexity index is 434. The lowest BCUT2D eigenvalue weighted by Gasteiger charge is -2.46. The van der Waals surface area contributed by atoms with E-state index in [1.54, 1.807) is 0 Å². The van der Waals surface area contributed by atoms with Gasteiger partial charge in [0.15, 0.2) is 5.82 Å². The Morgan fingerprint density at radius 2 is 2.05 bits per heavy atom. The summed E-state index contributed by atoms with van der Waals surface area (Å²) in [4.78, 5) is 9.66. The minimum atomic E-state index is 0.270. The zero-order valence-corrected chi connectivity index (χ0v) is 11.2. The standard InChI is InChI=1S/C13H21N5O/c1-2-4-14-10(3-1)13-15-12(16-19-13)11-9-17-5-7-18(11)8-6-17/h10-11,14H,1-9H2/t10-,11?/m1/s1. The van der Waals surface area contributed by atoms with E-state index in [4.69, 9.17) is 4.52 Å². The van der Waals surface area contributed by atoms with E-state index in [0.29, 0.717) is 6.04 Å². The molecule has 2 bridgehead atoms. The second kappa shape index (κ2) is 4.85. The number of rotatable bonds is 2. The van der Waals surface area contributed by atoms with Gasteiger partial charge in [0, 0.05) is 32.7 Å². The minimum absolute atomic E-state index is 0.270. The molecule has 0 amide bonds. The van der Waals surface area contributed by atoms with Crippen LogP contribution in [-0.4, -0.2) is 59.2 Å². The van der Waals surface area contributed by atoms with Crippen LogP contribution >= 0.6 is 0 Å². The van der Waals surface area contributed by atoms with Gasteiger partial charge in [-0.15, -0.1) is 0 Å². The second-order valence-corrected chi connectivity index (χ2v) is 5.85. The predicted molar refractivity (Wildman–Crippen MR) is 69.6 cm³/mol. The summed E-state index contributed by atoms with van der Waals surface area (Å²) in [6.07, 6.45) is 3.61. The average molecular weight is 263 g/mol. The molecule has 1 N–H and O–H groups in total. The summed E-state index contributed by atoms with van der Waals surface area (Å²) in [5, 5.41) is 7.70. The highest BCUT2D eigenvalue weighted by atomic mass is 16.5. The maximum absolute atomic E-state index is 5.50. The van der Waals surface area contributed by atoms with Crippen LogP contribution in [0.2, 0.25) is 0 Å². The topological polar surface area (TPSA) is 57.4 Å².